The van der Waals surface area contributed by atoms with Gasteiger partial charge in [-0.2, -0.15) is 0 Å². The van der Waals surface area contributed by atoms with Crippen molar-refractivity contribution in [2.75, 3.05) is 13.2 Å². The number of rotatable bonds is 11. The van der Waals surface area contributed by atoms with E-state index in [2.05, 4.69) is 10.2 Å². The third kappa shape index (κ3) is 9.02. The van der Waals surface area contributed by atoms with Crippen LogP contribution in [0.1, 0.15) is 40.5 Å². The molecule has 15 nitrogen and oxygen atoms in total. The Morgan fingerprint density at radius 2 is 1.44 bits per heavy atom. The number of aromatic nitrogens is 2. The first-order valence-electron chi connectivity index (χ1n) is 12.9. The Morgan fingerprint density at radius 1 is 0.837 bits per heavy atom. The van der Waals surface area contributed by atoms with Crippen LogP contribution < -0.4 is 5.73 Å². The number of nitrogens with zero attached hydrogens (tertiary/aromatic N) is 2. The Balaban J connectivity index is 2.09. The molecule has 1 aromatic heterocycles. The fourth-order valence-electron chi connectivity index (χ4n) is 3.99. The molecule has 1 fully saturated rings. The summed E-state index contributed by atoms with van der Waals surface area (Å²) in [4.78, 5) is 60.8. The molecule has 0 radical (unpaired) electrons. The number of carbonyl (C=O) groups is 5. The van der Waals surface area contributed by atoms with Crippen LogP contribution in [-0.2, 0) is 52.4 Å². The van der Waals surface area contributed by atoms with E-state index in [0.717, 1.165) is 27.7 Å². The van der Waals surface area contributed by atoms with E-state index < -0.39 is 66.3 Å². The number of hydrogen-bond acceptors (Lipinski definition) is 16. The van der Waals surface area contributed by atoms with E-state index in [0.29, 0.717) is 17.3 Å². The summed E-state index contributed by atoms with van der Waals surface area (Å²) in [6, 6.07) is 8.76. The highest BCUT2D eigenvalue weighted by molar-refractivity contribution is 8.03. The Hall–Kier alpha value is -4.44. The second-order valence-corrected chi connectivity index (χ2v) is 10.1. The molecule has 0 saturated carbocycles. The predicted octanol–water partition coefficient (Wildman–Crippen LogP) is 1.74. The zero-order chi connectivity index (χ0) is 31.7. The zero-order valence-corrected chi connectivity index (χ0v) is 24.8. The van der Waals surface area contributed by atoms with Crippen LogP contribution in [0.4, 0.5) is 0 Å². The molecule has 0 aliphatic carbocycles. The van der Waals surface area contributed by atoms with Crippen LogP contribution in [0, 0.1) is 0 Å². The van der Waals surface area contributed by atoms with Crippen molar-refractivity contribution in [3.8, 4) is 11.5 Å². The maximum Gasteiger partial charge on any atom is 0.346 e. The molecule has 1 aliphatic heterocycles. The van der Waals surface area contributed by atoms with Crippen molar-refractivity contribution in [2.24, 2.45) is 5.73 Å². The quantitative estimate of drug-likeness (QED) is 0.215. The van der Waals surface area contributed by atoms with Gasteiger partial charge in [0.25, 0.3) is 5.89 Å². The fraction of sp³-hybridized carbons (Fsp3) is 0.444. The van der Waals surface area contributed by atoms with E-state index in [-0.39, 0.29) is 29.0 Å². The SMILES string of the molecule is CCOC(=O)/C(=C(/N)S[C@H]1O[C@@H](COC(C)=O)[C@H](OC(C)=O)[C@@H](OC(C)=O)[C@@H]1OC(C)=O)c1nnc(-c2ccccc2)o1. The summed E-state index contributed by atoms with van der Waals surface area (Å²) in [6.45, 7) is 5.60. The molecule has 1 aromatic carbocycles. The van der Waals surface area contributed by atoms with Crippen molar-refractivity contribution in [3.63, 3.8) is 0 Å². The summed E-state index contributed by atoms with van der Waals surface area (Å²) in [5, 5.41) is 7.70. The minimum atomic E-state index is -1.43. The minimum Gasteiger partial charge on any atom is -0.463 e. The van der Waals surface area contributed by atoms with Crippen molar-refractivity contribution in [1.82, 2.24) is 10.2 Å². The van der Waals surface area contributed by atoms with Crippen LogP contribution in [-0.4, -0.2) is 83.1 Å². The standard InChI is InChI=1S/C27H31N3O12S/c1-6-36-26(35)19(25-30-29-24(42-25)17-10-8-7-9-11-17)23(28)43-27-22(40-16(5)34)21(39-15(4)33)20(38-14(3)32)18(41-27)12-37-13(2)31/h7-11,18,20-22,27H,6,12,28H2,1-5H3/b23-19-/t18-,20-,21+,22-,27+/m0/s1. The lowest BCUT2D eigenvalue weighted by Gasteiger charge is -2.44. The lowest BCUT2D eigenvalue weighted by atomic mass is 9.99. The van der Waals surface area contributed by atoms with Crippen molar-refractivity contribution in [3.05, 3.63) is 41.3 Å². The first kappa shape index (κ1) is 33.1. The van der Waals surface area contributed by atoms with Gasteiger partial charge in [0, 0.05) is 33.3 Å². The maximum absolute atomic E-state index is 13.0. The van der Waals surface area contributed by atoms with Gasteiger partial charge in [0.05, 0.1) is 11.6 Å². The maximum atomic E-state index is 13.0. The van der Waals surface area contributed by atoms with Gasteiger partial charge in [-0.3, -0.25) is 19.2 Å². The molecule has 2 aromatic rings. The zero-order valence-electron chi connectivity index (χ0n) is 24.0. The Labute approximate surface area is 250 Å². The van der Waals surface area contributed by atoms with Crippen molar-refractivity contribution in [2.45, 2.75) is 64.5 Å². The summed E-state index contributed by atoms with van der Waals surface area (Å²) in [7, 11) is 0. The molecule has 3 rings (SSSR count). The molecule has 43 heavy (non-hydrogen) atoms. The molecule has 1 aliphatic rings. The monoisotopic (exact) mass is 621 g/mol. The van der Waals surface area contributed by atoms with Crippen LogP contribution in [0.2, 0.25) is 0 Å². The molecular formula is C27H31N3O12S. The van der Waals surface area contributed by atoms with Gasteiger partial charge in [0.2, 0.25) is 5.89 Å². The Morgan fingerprint density at radius 3 is 2.02 bits per heavy atom. The highest BCUT2D eigenvalue weighted by Crippen LogP contribution is 2.38. The van der Waals surface area contributed by atoms with Gasteiger partial charge in [-0.1, -0.05) is 30.0 Å². The molecule has 2 heterocycles. The van der Waals surface area contributed by atoms with Crippen LogP contribution in [0.5, 0.6) is 0 Å². The average Bonchev–Trinajstić information content (AvgIpc) is 3.40. The Kier molecular flexibility index (Phi) is 11.7. The summed E-state index contributed by atoms with van der Waals surface area (Å²) in [5.41, 5.74) is 5.36. The van der Waals surface area contributed by atoms with Gasteiger partial charge in [0.1, 0.15) is 12.7 Å². The highest BCUT2D eigenvalue weighted by Gasteiger charge is 2.52. The van der Waals surface area contributed by atoms with E-state index in [1.54, 1.807) is 37.3 Å². The van der Waals surface area contributed by atoms with Gasteiger partial charge in [0.15, 0.2) is 29.3 Å². The fourth-order valence-corrected chi connectivity index (χ4v) is 5.07. The summed E-state index contributed by atoms with van der Waals surface area (Å²) >= 11 is 0.680. The van der Waals surface area contributed by atoms with Crippen LogP contribution in [0.25, 0.3) is 17.0 Å². The number of carbonyl (C=O) groups excluding carboxylic acids is 5. The summed E-state index contributed by atoms with van der Waals surface area (Å²) in [5.74, 6) is -4.12. The van der Waals surface area contributed by atoms with Crippen LogP contribution in [0.3, 0.4) is 0 Å². The molecule has 2 N–H and O–H groups in total. The van der Waals surface area contributed by atoms with E-state index in [4.69, 9.17) is 38.6 Å². The van der Waals surface area contributed by atoms with Gasteiger partial charge < -0.3 is 38.6 Å². The third-order valence-corrected chi connectivity index (χ3v) is 6.65. The molecule has 232 valence electrons. The van der Waals surface area contributed by atoms with E-state index in [9.17, 15) is 24.0 Å². The van der Waals surface area contributed by atoms with Crippen molar-refractivity contribution in [1.29, 1.82) is 0 Å². The molecule has 16 heteroatoms. The Bertz CT molecular complexity index is 1360. The van der Waals surface area contributed by atoms with Crippen molar-refractivity contribution >= 4 is 47.2 Å². The molecule has 0 unspecified atom stereocenters. The molecule has 0 spiro atoms. The van der Waals surface area contributed by atoms with Crippen LogP contribution >= 0.6 is 11.8 Å². The summed E-state index contributed by atoms with van der Waals surface area (Å²) in [6.07, 6.45) is -5.42. The van der Waals surface area contributed by atoms with Crippen molar-refractivity contribution < 1.29 is 56.8 Å². The van der Waals surface area contributed by atoms with Gasteiger partial charge in [-0.25, -0.2) is 4.79 Å². The normalized spacial score (nSPS) is 22.0. The predicted molar refractivity (Wildman–Crippen MR) is 147 cm³/mol. The highest BCUT2D eigenvalue weighted by atomic mass is 32.2. The number of thioether (sulfide) groups is 1. The van der Waals surface area contributed by atoms with Crippen LogP contribution in [0.15, 0.2) is 39.8 Å². The second-order valence-electron chi connectivity index (χ2n) is 8.92. The first-order valence-corrected chi connectivity index (χ1v) is 13.8. The number of esters is 5. The van der Waals surface area contributed by atoms with Gasteiger partial charge in [-0.05, 0) is 19.1 Å². The average molecular weight is 622 g/mol. The van der Waals surface area contributed by atoms with E-state index in [1.807, 2.05) is 0 Å². The second kappa shape index (κ2) is 15.2. The molecule has 0 bridgehead atoms. The first-order chi connectivity index (χ1) is 20.4. The number of nitrogens with two attached hydrogens (primary N) is 1. The smallest absolute Gasteiger partial charge is 0.346 e. The van der Waals surface area contributed by atoms with Gasteiger partial charge >= 0.3 is 29.8 Å². The summed E-state index contributed by atoms with van der Waals surface area (Å²) < 4.78 is 38.3. The number of benzene rings is 1. The van der Waals surface area contributed by atoms with E-state index in [1.165, 1.54) is 0 Å². The number of hydrogen-bond donors (Lipinski definition) is 1. The number of ether oxygens (including phenoxy) is 6. The molecule has 1 saturated heterocycles. The lowest BCUT2D eigenvalue weighted by molar-refractivity contribution is -0.237. The molecule has 0 amide bonds. The van der Waals surface area contributed by atoms with E-state index >= 15 is 0 Å². The lowest BCUT2D eigenvalue weighted by Crippen LogP contribution is -2.61. The molecular weight excluding hydrogens is 590 g/mol. The molecule has 5 atom stereocenters. The van der Waals surface area contributed by atoms with Gasteiger partial charge in [-0.15, -0.1) is 10.2 Å². The topological polar surface area (TPSA) is 206 Å². The minimum absolute atomic E-state index is 0.0149. The largest absolute Gasteiger partial charge is 0.463 e. The third-order valence-electron chi connectivity index (χ3n) is 5.58.